The number of anilines is 2. The Kier molecular flexibility index (Phi) is 3.83. The molecule has 1 saturated heterocycles. The Morgan fingerprint density at radius 1 is 0.958 bits per heavy atom. The van der Waals surface area contributed by atoms with Crippen LogP contribution in [0.3, 0.4) is 0 Å². The number of fused-ring (bicyclic) bond motifs is 1. The third kappa shape index (κ3) is 2.80. The third-order valence-electron chi connectivity index (χ3n) is 4.34. The fraction of sp³-hybridized carbons (Fsp3) is 0.211. The highest BCUT2D eigenvalue weighted by Gasteiger charge is 2.14. The largest absolute Gasteiger partial charge is 0.372 e. The number of amides is 1. The van der Waals surface area contributed by atoms with E-state index in [1.54, 1.807) is 18.5 Å². The highest BCUT2D eigenvalue weighted by molar-refractivity contribution is 6.11. The molecule has 1 N–H and O–H groups in total. The Hall–Kier alpha value is -2.95. The van der Waals surface area contributed by atoms with Crippen molar-refractivity contribution >= 4 is 28.3 Å². The first-order valence-corrected chi connectivity index (χ1v) is 8.17. The van der Waals surface area contributed by atoms with E-state index in [0.29, 0.717) is 11.1 Å². The summed E-state index contributed by atoms with van der Waals surface area (Å²) >= 11 is 0. The second-order valence-corrected chi connectivity index (χ2v) is 5.92. The van der Waals surface area contributed by atoms with Gasteiger partial charge in [0, 0.05) is 36.9 Å². The Morgan fingerprint density at radius 3 is 2.50 bits per heavy atom. The molecule has 0 unspecified atom stereocenters. The standard InChI is InChI=1S/C19H18N4O/c24-19(16-4-3-5-17-18(16)21-11-10-20-17)22-14-6-8-15(9-7-14)23-12-1-2-13-23/h3-11H,1-2,12-13H2,(H,22,24). The molecule has 120 valence electrons. The molecule has 0 radical (unpaired) electrons. The first-order chi connectivity index (χ1) is 11.8. The number of aromatic nitrogens is 2. The Morgan fingerprint density at radius 2 is 1.71 bits per heavy atom. The molecule has 1 aliphatic heterocycles. The fourth-order valence-electron chi connectivity index (χ4n) is 3.11. The molecule has 1 aromatic heterocycles. The first kappa shape index (κ1) is 14.6. The zero-order chi connectivity index (χ0) is 16.4. The van der Waals surface area contributed by atoms with Crippen LogP contribution in [0.15, 0.2) is 54.9 Å². The smallest absolute Gasteiger partial charge is 0.257 e. The molecule has 5 nitrogen and oxygen atoms in total. The van der Waals surface area contributed by atoms with Crippen LogP contribution in [0.25, 0.3) is 11.0 Å². The predicted octanol–water partition coefficient (Wildman–Crippen LogP) is 3.48. The lowest BCUT2D eigenvalue weighted by atomic mass is 10.1. The minimum atomic E-state index is -0.171. The van der Waals surface area contributed by atoms with Gasteiger partial charge in [-0.25, -0.2) is 0 Å². The number of hydrogen-bond donors (Lipinski definition) is 1. The molecular formula is C19H18N4O. The van der Waals surface area contributed by atoms with Gasteiger partial charge in [0.15, 0.2) is 0 Å². The zero-order valence-corrected chi connectivity index (χ0v) is 13.3. The number of hydrogen-bond acceptors (Lipinski definition) is 4. The summed E-state index contributed by atoms with van der Waals surface area (Å²) in [5.41, 5.74) is 3.86. The van der Waals surface area contributed by atoms with Crippen LogP contribution < -0.4 is 10.2 Å². The lowest BCUT2D eigenvalue weighted by Gasteiger charge is -2.17. The van der Waals surface area contributed by atoms with Crippen molar-refractivity contribution in [1.82, 2.24) is 9.97 Å². The van der Waals surface area contributed by atoms with Crippen LogP contribution in [0.4, 0.5) is 11.4 Å². The van der Waals surface area contributed by atoms with Gasteiger partial charge in [0.25, 0.3) is 5.91 Å². The molecule has 1 amide bonds. The average molecular weight is 318 g/mol. The second kappa shape index (κ2) is 6.28. The summed E-state index contributed by atoms with van der Waals surface area (Å²) in [5, 5.41) is 2.94. The van der Waals surface area contributed by atoms with Crippen molar-refractivity contribution in [3.63, 3.8) is 0 Å². The maximum atomic E-state index is 12.6. The van der Waals surface area contributed by atoms with Crippen molar-refractivity contribution in [3.05, 3.63) is 60.4 Å². The molecule has 3 aromatic rings. The fourth-order valence-corrected chi connectivity index (χ4v) is 3.11. The molecule has 0 spiro atoms. The molecule has 24 heavy (non-hydrogen) atoms. The summed E-state index contributed by atoms with van der Waals surface area (Å²) in [5.74, 6) is -0.171. The van der Waals surface area contributed by atoms with Gasteiger partial charge in [-0.05, 0) is 49.2 Å². The Bertz CT molecular complexity index is 865. The summed E-state index contributed by atoms with van der Waals surface area (Å²) in [7, 11) is 0. The maximum Gasteiger partial charge on any atom is 0.257 e. The number of rotatable bonds is 3. The molecule has 0 atom stereocenters. The lowest BCUT2D eigenvalue weighted by Crippen LogP contribution is -2.17. The van der Waals surface area contributed by atoms with Crippen molar-refractivity contribution in [2.24, 2.45) is 0 Å². The molecule has 4 rings (SSSR count). The summed E-state index contributed by atoms with van der Waals surface area (Å²) < 4.78 is 0. The highest BCUT2D eigenvalue weighted by atomic mass is 16.1. The van der Waals surface area contributed by atoms with E-state index in [0.717, 1.165) is 24.3 Å². The molecule has 1 fully saturated rings. The van der Waals surface area contributed by atoms with Crippen LogP contribution in [0.2, 0.25) is 0 Å². The quantitative estimate of drug-likeness (QED) is 0.803. The lowest BCUT2D eigenvalue weighted by molar-refractivity contribution is 0.102. The van der Waals surface area contributed by atoms with Gasteiger partial charge in [-0.15, -0.1) is 0 Å². The minimum Gasteiger partial charge on any atom is -0.372 e. The van der Waals surface area contributed by atoms with Gasteiger partial charge in [0.05, 0.1) is 11.1 Å². The Balaban J connectivity index is 1.55. The average Bonchev–Trinajstić information content (AvgIpc) is 3.16. The topological polar surface area (TPSA) is 58.1 Å². The van der Waals surface area contributed by atoms with E-state index in [4.69, 9.17) is 0 Å². The van der Waals surface area contributed by atoms with E-state index in [1.165, 1.54) is 18.5 Å². The van der Waals surface area contributed by atoms with Crippen LogP contribution in [0, 0.1) is 0 Å². The van der Waals surface area contributed by atoms with Crippen molar-refractivity contribution in [3.8, 4) is 0 Å². The van der Waals surface area contributed by atoms with Crippen LogP contribution in [-0.2, 0) is 0 Å². The molecule has 1 aliphatic rings. The van der Waals surface area contributed by atoms with Gasteiger partial charge < -0.3 is 10.2 Å². The maximum absolute atomic E-state index is 12.6. The molecular weight excluding hydrogens is 300 g/mol. The van der Waals surface area contributed by atoms with Gasteiger partial charge in [0.1, 0.15) is 5.52 Å². The van der Waals surface area contributed by atoms with E-state index >= 15 is 0 Å². The number of carbonyl (C=O) groups excluding carboxylic acids is 1. The van der Waals surface area contributed by atoms with Crippen molar-refractivity contribution in [2.45, 2.75) is 12.8 Å². The van der Waals surface area contributed by atoms with Gasteiger partial charge in [-0.2, -0.15) is 0 Å². The molecule has 0 saturated carbocycles. The summed E-state index contributed by atoms with van der Waals surface area (Å²) in [6.07, 6.45) is 5.73. The highest BCUT2D eigenvalue weighted by Crippen LogP contribution is 2.23. The third-order valence-corrected chi connectivity index (χ3v) is 4.34. The molecule has 2 heterocycles. The van der Waals surface area contributed by atoms with Crippen molar-refractivity contribution in [2.75, 3.05) is 23.3 Å². The SMILES string of the molecule is O=C(Nc1ccc(N2CCCC2)cc1)c1cccc2nccnc12. The van der Waals surface area contributed by atoms with Crippen LogP contribution >= 0.6 is 0 Å². The summed E-state index contributed by atoms with van der Waals surface area (Å²) in [6, 6.07) is 13.5. The number of nitrogens with zero attached hydrogens (tertiary/aromatic N) is 3. The van der Waals surface area contributed by atoms with Crippen molar-refractivity contribution in [1.29, 1.82) is 0 Å². The number of carbonyl (C=O) groups is 1. The Labute approximate surface area is 140 Å². The van der Waals surface area contributed by atoms with Crippen LogP contribution in [0.1, 0.15) is 23.2 Å². The normalized spacial score (nSPS) is 14.1. The van der Waals surface area contributed by atoms with Crippen LogP contribution in [-0.4, -0.2) is 29.0 Å². The predicted molar refractivity (Wildman–Crippen MR) is 95.4 cm³/mol. The van der Waals surface area contributed by atoms with E-state index in [2.05, 4.69) is 32.3 Å². The van der Waals surface area contributed by atoms with Gasteiger partial charge in [-0.1, -0.05) is 6.07 Å². The van der Waals surface area contributed by atoms with Crippen molar-refractivity contribution < 1.29 is 4.79 Å². The molecule has 5 heteroatoms. The number of nitrogens with one attached hydrogen (secondary N) is 1. The van der Waals surface area contributed by atoms with E-state index in [9.17, 15) is 4.79 Å². The summed E-state index contributed by atoms with van der Waals surface area (Å²) in [6.45, 7) is 2.22. The van der Waals surface area contributed by atoms with Gasteiger partial charge >= 0.3 is 0 Å². The van der Waals surface area contributed by atoms with E-state index in [-0.39, 0.29) is 5.91 Å². The first-order valence-electron chi connectivity index (χ1n) is 8.17. The van der Waals surface area contributed by atoms with Gasteiger partial charge in [0.2, 0.25) is 0 Å². The minimum absolute atomic E-state index is 0.171. The van der Waals surface area contributed by atoms with E-state index in [1.807, 2.05) is 24.3 Å². The van der Waals surface area contributed by atoms with Gasteiger partial charge in [-0.3, -0.25) is 14.8 Å². The molecule has 0 bridgehead atoms. The monoisotopic (exact) mass is 318 g/mol. The molecule has 2 aromatic carbocycles. The zero-order valence-electron chi connectivity index (χ0n) is 13.3. The summed E-state index contributed by atoms with van der Waals surface area (Å²) in [4.78, 5) is 23.5. The molecule has 0 aliphatic carbocycles. The second-order valence-electron chi connectivity index (χ2n) is 5.92. The van der Waals surface area contributed by atoms with E-state index < -0.39 is 0 Å². The number of benzene rings is 2. The number of para-hydroxylation sites is 1. The van der Waals surface area contributed by atoms with Crippen LogP contribution in [0.5, 0.6) is 0 Å².